The lowest BCUT2D eigenvalue weighted by atomic mass is 10.2. The third-order valence-electron chi connectivity index (χ3n) is 3.97. The average molecular weight is 465 g/mol. The number of anilines is 1. The summed E-state index contributed by atoms with van der Waals surface area (Å²) in [5.74, 6) is -0.719. The zero-order valence-corrected chi connectivity index (χ0v) is 17.3. The Morgan fingerprint density at radius 1 is 1.18 bits per heavy atom. The van der Waals surface area contributed by atoms with Crippen molar-refractivity contribution in [3.63, 3.8) is 0 Å². The van der Waals surface area contributed by atoms with Gasteiger partial charge in [-0.25, -0.2) is 27.7 Å². The number of thiophene rings is 1. The van der Waals surface area contributed by atoms with Crippen LogP contribution in [0.25, 0.3) is 0 Å². The first-order valence-electron chi connectivity index (χ1n) is 7.88. The summed E-state index contributed by atoms with van der Waals surface area (Å²) in [7, 11) is -3.98. The zero-order valence-electron chi connectivity index (χ0n) is 14.1. The molecule has 13 heteroatoms. The third-order valence-corrected chi connectivity index (χ3v) is 7.29. The van der Waals surface area contributed by atoms with Crippen molar-refractivity contribution in [3.05, 3.63) is 39.3 Å². The number of carboxylic acids is 1. The smallest absolute Gasteiger partial charge is 0.337 e. The van der Waals surface area contributed by atoms with E-state index in [1.54, 1.807) is 4.90 Å². The number of piperazine rings is 1. The molecule has 0 radical (unpaired) electrons. The minimum atomic E-state index is -3.98. The van der Waals surface area contributed by atoms with E-state index in [9.17, 15) is 18.0 Å². The maximum Gasteiger partial charge on any atom is 0.337 e. The van der Waals surface area contributed by atoms with Crippen molar-refractivity contribution in [1.29, 1.82) is 0 Å². The molecule has 0 unspecified atom stereocenters. The number of carbonyl (C=O) groups excluding carboxylic acids is 1. The molecule has 28 heavy (non-hydrogen) atoms. The van der Waals surface area contributed by atoms with E-state index >= 15 is 0 Å². The number of urea groups is 1. The standard InChI is InChI=1S/C15H14Cl2N4O5S2/c16-10-7-9(14(22)23)8-18-13(10)20-3-5-21(6-4-20)15(24)19-28(25,26)12-2-1-11(17)27-12/h1-2,7-8H,3-6H2,(H,19,24)(H,22,23). The van der Waals surface area contributed by atoms with E-state index in [1.165, 1.54) is 29.3 Å². The fourth-order valence-electron chi connectivity index (χ4n) is 2.57. The van der Waals surface area contributed by atoms with Crippen LogP contribution in [0.1, 0.15) is 10.4 Å². The van der Waals surface area contributed by atoms with Crippen LogP contribution in [0.2, 0.25) is 9.36 Å². The number of halogens is 2. The van der Waals surface area contributed by atoms with Gasteiger partial charge in [0.2, 0.25) is 0 Å². The van der Waals surface area contributed by atoms with Crippen molar-refractivity contribution in [2.75, 3.05) is 31.1 Å². The minimum absolute atomic E-state index is 0.0225. The van der Waals surface area contributed by atoms with Gasteiger partial charge in [-0.05, 0) is 18.2 Å². The molecule has 2 aromatic heterocycles. The quantitative estimate of drug-likeness (QED) is 0.712. The molecule has 0 saturated carbocycles. The van der Waals surface area contributed by atoms with Gasteiger partial charge in [0.1, 0.15) is 10.0 Å². The summed E-state index contributed by atoms with van der Waals surface area (Å²) in [4.78, 5) is 30.5. The summed E-state index contributed by atoms with van der Waals surface area (Å²) in [6.45, 7) is 1.20. The van der Waals surface area contributed by atoms with Crippen molar-refractivity contribution in [2.24, 2.45) is 0 Å². The van der Waals surface area contributed by atoms with Gasteiger partial charge >= 0.3 is 12.0 Å². The Kier molecular flexibility index (Phi) is 5.98. The van der Waals surface area contributed by atoms with Crippen molar-refractivity contribution in [3.8, 4) is 0 Å². The molecule has 3 rings (SSSR count). The number of rotatable bonds is 4. The molecule has 2 aromatic rings. The monoisotopic (exact) mass is 464 g/mol. The van der Waals surface area contributed by atoms with Gasteiger partial charge in [0.25, 0.3) is 10.0 Å². The third kappa shape index (κ3) is 4.49. The number of amides is 2. The molecule has 3 heterocycles. The molecular formula is C15H14Cl2N4O5S2. The van der Waals surface area contributed by atoms with Gasteiger partial charge in [0.15, 0.2) is 0 Å². The van der Waals surface area contributed by atoms with Gasteiger partial charge in [-0.15, -0.1) is 11.3 Å². The number of sulfonamides is 1. The van der Waals surface area contributed by atoms with Crippen molar-refractivity contribution >= 4 is 62.4 Å². The molecule has 0 spiro atoms. The Hall–Kier alpha value is -2.08. The number of carboxylic acid groups (broad SMARTS) is 1. The lowest BCUT2D eigenvalue weighted by Gasteiger charge is -2.35. The Balaban J connectivity index is 1.62. The van der Waals surface area contributed by atoms with Gasteiger partial charge in [0, 0.05) is 32.4 Å². The van der Waals surface area contributed by atoms with E-state index in [2.05, 4.69) is 4.98 Å². The molecule has 9 nitrogen and oxygen atoms in total. The van der Waals surface area contributed by atoms with E-state index in [0.29, 0.717) is 23.2 Å². The van der Waals surface area contributed by atoms with Gasteiger partial charge in [-0.3, -0.25) is 0 Å². The second-order valence-corrected chi connectivity index (χ2v) is 9.81. The molecule has 1 aliphatic heterocycles. The fraction of sp³-hybridized carbons (Fsp3) is 0.267. The first-order valence-corrected chi connectivity index (χ1v) is 10.9. The predicted octanol–water partition coefficient (Wildman–Crippen LogP) is 2.37. The van der Waals surface area contributed by atoms with Gasteiger partial charge in [0.05, 0.1) is 14.9 Å². The van der Waals surface area contributed by atoms with Crippen LogP contribution in [-0.4, -0.2) is 61.6 Å². The largest absolute Gasteiger partial charge is 0.478 e. The topological polar surface area (TPSA) is 120 Å². The van der Waals surface area contributed by atoms with E-state index in [4.69, 9.17) is 28.3 Å². The first-order chi connectivity index (χ1) is 13.2. The lowest BCUT2D eigenvalue weighted by molar-refractivity contribution is 0.0696. The van der Waals surface area contributed by atoms with Crippen LogP contribution in [-0.2, 0) is 10.0 Å². The van der Waals surface area contributed by atoms with E-state index < -0.39 is 22.0 Å². The van der Waals surface area contributed by atoms with Crippen molar-refractivity contribution in [1.82, 2.24) is 14.6 Å². The molecule has 1 aliphatic rings. The molecule has 0 aromatic carbocycles. The highest BCUT2D eigenvalue weighted by atomic mass is 35.5. The van der Waals surface area contributed by atoms with Gasteiger partial charge < -0.3 is 14.9 Å². The highest BCUT2D eigenvalue weighted by Gasteiger charge is 2.27. The number of aromatic nitrogens is 1. The molecule has 150 valence electrons. The summed E-state index contributed by atoms with van der Waals surface area (Å²) in [5.41, 5.74) is -0.0225. The maximum absolute atomic E-state index is 12.3. The second kappa shape index (κ2) is 8.11. The Bertz CT molecular complexity index is 1020. The number of hydrogen-bond acceptors (Lipinski definition) is 7. The van der Waals surface area contributed by atoms with Crippen LogP contribution in [0.15, 0.2) is 28.6 Å². The Morgan fingerprint density at radius 3 is 2.39 bits per heavy atom. The Labute approximate surface area is 174 Å². The Morgan fingerprint density at radius 2 is 1.86 bits per heavy atom. The second-order valence-electron chi connectivity index (χ2n) is 5.78. The molecule has 1 saturated heterocycles. The van der Waals surface area contributed by atoms with Crippen LogP contribution < -0.4 is 9.62 Å². The van der Waals surface area contributed by atoms with Gasteiger partial charge in [-0.1, -0.05) is 23.2 Å². The fourth-order valence-corrected chi connectivity index (χ4v) is 5.31. The highest BCUT2D eigenvalue weighted by Crippen LogP contribution is 2.26. The molecule has 0 aliphatic carbocycles. The van der Waals surface area contributed by atoms with Crippen LogP contribution in [0, 0.1) is 0 Å². The van der Waals surface area contributed by atoms with Gasteiger partial charge in [-0.2, -0.15) is 0 Å². The minimum Gasteiger partial charge on any atom is -0.478 e. The lowest BCUT2D eigenvalue weighted by Crippen LogP contribution is -2.53. The normalized spacial score (nSPS) is 14.8. The molecule has 0 atom stereocenters. The number of pyridine rings is 1. The molecule has 2 amide bonds. The zero-order chi connectivity index (χ0) is 20.5. The van der Waals surface area contributed by atoms with Crippen LogP contribution in [0.4, 0.5) is 10.6 Å². The molecule has 0 bridgehead atoms. The summed E-state index contributed by atoms with van der Waals surface area (Å²) < 4.78 is 26.7. The first kappa shape index (κ1) is 20.6. The molecule has 2 N–H and O–H groups in total. The summed E-state index contributed by atoms with van der Waals surface area (Å²) >= 11 is 12.7. The van der Waals surface area contributed by atoms with Crippen molar-refractivity contribution in [2.45, 2.75) is 4.21 Å². The SMILES string of the molecule is O=C(O)c1cnc(N2CCN(C(=O)NS(=O)(=O)c3ccc(Cl)s3)CC2)c(Cl)c1. The number of aromatic carboxylic acids is 1. The van der Waals surface area contributed by atoms with E-state index in [0.717, 1.165) is 11.3 Å². The van der Waals surface area contributed by atoms with Crippen LogP contribution in [0.3, 0.4) is 0 Å². The average Bonchev–Trinajstić information content (AvgIpc) is 3.09. The predicted molar refractivity (Wildman–Crippen MR) is 105 cm³/mol. The summed E-state index contributed by atoms with van der Waals surface area (Å²) in [5, 5.41) is 9.15. The summed E-state index contributed by atoms with van der Waals surface area (Å²) in [6.07, 6.45) is 1.21. The van der Waals surface area contributed by atoms with E-state index in [-0.39, 0.29) is 27.9 Å². The molecule has 1 fully saturated rings. The number of hydrogen-bond donors (Lipinski definition) is 2. The van der Waals surface area contributed by atoms with Crippen LogP contribution in [0.5, 0.6) is 0 Å². The van der Waals surface area contributed by atoms with E-state index in [1.807, 2.05) is 4.72 Å². The van der Waals surface area contributed by atoms with Crippen molar-refractivity contribution < 1.29 is 23.1 Å². The maximum atomic E-state index is 12.3. The number of nitrogens with one attached hydrogen (secondary N) is 1. The number of carbonyl (C=O) groups is 2. The molecular weight excluding hydrogens is 451 g/mol. The highest BCUT2D eigenvalue weighted by molar-refractivity contribution is 7.92. The number of nitrogens with zero attached hydrogens (tertiary/aromatic N) is 3. The van der Waals surface area contributed by atoms with Crippen LogP contribution >= 0.6 is 34.5 Å². The summed E-state index contributed by atoms with van der Waals surface area (Å²) in [6, 6.07) is 3.35.